The van der Waals surface area contributed by atoms with E-state index < -0.39 is 91.0 Å². The summed E-state index contributed by atoms with van der Waals surface area (Å²) in [6.07, 6.45) is -4.34. The number of rotatable bonds is 42. The molecule has 2 heterocycles. The Morgan fingerprint density at radius 2 is 0.402 bits per heavy atom. The molecule has 0 bridgehead atoms. The van der Waals surface area contributed by atoms with Crippen molar-refractivity contribution in [3.63, 3.8) is 0 Å². The molecule has 0 unspecified atom stereocenters. The monoisotopic (exact) mass is 1290 g/mol. The van der Waals surface area contributed by atoms with Gasteiger partial charge in [0.25, 0.3) is 0 Å². The third kappa shape index (κ3) is 19.5. The Kier molecular flexibility index (Phi) is 36.0. The lowest BCUT2D eigenvalue weighted by Gasteiger charge is -2.52. The number of hydrogen-bond acceptors (Lipinski definition) is 10. The van der Waals surface area contributed by atoms with Gasteiger partial charge in [0.1, 0.15) is 61.0 Å². The lowest BCUT2D eigenvalue weighted by molar-refractivity contribution is -0.200. The van der Waals surface area contributed by atoms with E-state index in [1.807, 2.05) is 0 Å². The maximum atomic E-state index is 7.95. The van der Waals surface area contributed by atoms with Gasteiger partial charge in [-0.15, -0.1) is 0 Å². The third-order valence-electron chi connectivity index (χ3n) is 22.6. The van der Waals surface area contributed by atoms with Crippen LogP contribution >= 0.6 is 0 Å². The standard InChI is InChI=1S/C64H134O10Si8/c1-25-75(26-2,27-3)65-53-57-61(71-79(37-13,38-14)39-15)63(73-81(43-19,44-20)45-21)59(69-77(31-7,32-8)33-9)55(67-57)51-49-50-52-56-60(70-78(34-10,35-11)36-12)64(74-82(46-22,47-23)48-24)62(72-80(40-16,41-17)42-18)58(68-56)54-66-76(28-4,29-5)30-6/h55-64H,25-48,53-54H2,1-24H3/t55-,56-,57+,58+,59-,60-,61+,62+,63+,64+/m0/s1. The average molecular weight is 1290 g/mol. The van der Waals surface area contributed by atoms with E-state index in [-0.39, 0.29) is 36.6 Å². The molecule has 2 aliphatic heterocycles. The minimum absolute atomic E-state index is 0.346. The molecule has 10 atom stereocenters. The van der Waals surface area contributed by atoms with Gasteiger partial charge in [0.05, 0.1) is 13.2 Å². The zero-order valence-corrected chi connectivity index (χ0v) is 66.2. The summed E-state index contributed by atoms with van der Waals surface area (Å²) >= 11 is 0. The second-order valence-electron chi connectivity index (χ2n) is 24.8. The van der Waals surface area contributed by atoms with E-state index in [1.54, 1.807) is 0 Å². The predicted molar refractivity (Wildman–Crippen MR) is 372 cm³/mol. The zero-order chi connectivity index (χ0) is 62.1. The van der Waals surface area contributed by atoms with Crippen LogP contribution in [0.3, 0.4) is 0 Å². The van der Waals surface area contributed by atoms with Crippen LogP contribution in [0.4, 0.5) is 0 Å². The Balaban J connectivity index is 3.31. The number of hydrogen-bond donors (Lipinski definition) is 0. The van der Waals surface area contributed by atoms with Crippen molar-refractivity contribution < 1.29 is 44.9 Å². The highest BCUT2D eigenvalue weighted by Crippen LogP contribution is 2.43. The smallest absolute Gasteiger partial charge is 0.192 e. The fourth-order valence-electron chi connectivity index (χ4n) is 13.7. The summed E-state index contributed by atoms with van der Waals surface area (Å²) in [5.74, 6) is 14.5. The van der Waals surface area contributed by atoms with Crippen LogP contribution in [0, 0.1) is 23.7 Å². The lowest BCUT2D eigenvalue weighted by Crippen LogP contribution is -2.67. The fourth-order valence-corrected chi connectivity index (χ4v) is 36.1. The number of ether oxygens (including phenoxy) is 2. The Morgan fingerprint density at radius 3 is 0.585 bits per heavy atom. The molecule has 2 aliphatic rings. The van der Waals surface area contributed by atoms with Crippen LogP contribution in [-0.4, -0.2) is 141 Å². The second-order valence-corrected chi connectivity index (χ2v) is 62.7. The van der Waals surface area contributed by atoms with Crippen LogP contribution in [0.5, 0.6) is 0 Å². The highest BCUT2D eigenvalue weighted by atomic mass is 28.4. The van der Waals surface area contributed by atoms with Crippen LogP contribution < -0.4 is 0 Å². The summed E-state index contributed by atoms with van der Waals surface area (Å²) < 4.78 is 77.0. The van der Waals surface area contributed by atoms with Gasteiger partial charge in [-0.2, -0.15) is 0 Å². The van der Waals surface area contributed by atoms with E-state index in [0.29, 0.717) is 13.2 Å². The van der Waals surface area contributed by atoms with Crippen LogP contribution in [0.1, 0.15) is 166 Å². The lowest BCUT2D eigenvalue weighted by atomic mass is 9.95. The van der Waals surface area contributed by atoms with Crippen molar-refractivity contribution in [2.24, 2.45) is 0 Å². The first-order valence-corrected chi connectivity index (χ1v) is 55.1. The zero-order valence-electron chi connectivity index (χ0n) is 58.2. The Hall–Kier alpha value is 0.455. The van der Waals surface area contributed by atoms with E-state index in [1.165, 1.54) is 0 Å². The van der Waals surface area contributed by atoms with Gasteiger partial charge in [-0.3, -0.25) is 0 Å². The molecular weight excluding hydrogens is 1150 g/mol. The van der Waals surface area contributed by atoms with Crippen LogP contribution in [0.15, 0.2) is 0 Å². The molecule has 2 saturated heterocycles. The molecule has 0 radical (unpaired) electrons. The molecule has 0 N–H and O–H groups in total. The van der Waals surface area contributed by atoms with Crippen LogP contribution in [0.25, 0.3) is 0 Å². The molecule has 10 nitrogen and oxygen atoms in total. The molecule has 0 saturated carbocycles. The predicted octanol–water partition coefficient (Wildman–Crippen LogP) is 18.9. The largest absolute Gasteiger partial charge is 0.414 e. The molecule has 2 rings (SSSR count). The summed E-state index contributed by atoms with van der Waals surface area (Å²) in [5, 5.41) is 0. The summed E-state index contributed by atoms with van der Waals surface area (Å²) in [6.45, 7) is 56.8. The van der Waals surface area contributed by atoms with Crippen molar-refractivity contribution >= 4 is 66.5 Å². The molecule has 82 heavy (non-hydrogen) atoms. The maximum absolute atomic E-state index is 7.95. The van der Waals surface area contributed by atoms with Crippen LogP contribution in [0.2, 0.25) is 145 Å². The van der Waals surface area contributed by atoms with Gasteiger partial charge < -0.3 is 44.9 Å². The molecule has 0 aromatic heterocycles. The summed E-state index contributed by atoms with van der Waals surface area (Å²) in [5.41, 5.74) is 0. The van der Waals surface area contributed by atoms with Gasteiger partial charge in [0.2, 0.25) is 0 Å². The topological polar surface area (TPSA) is 92.3 Å². The SMILES string of the molecule is CC[Si](CC)(CC)OC[C@H]1O[C@@H](C#CC#C[C@@H]2O[C@H](CO[Si](CC)(CC)CC)[C@@H](O[Si](CC)(CC)CC)[C@H](O[Si](CC)(CC)CC)[C@H]2O[Si](CC)(CC)CC)[C@H](O[Si](CC)(CC)CC)[C@@H](O[Si](CC)(CC)CC)[C@@H]1O[Si](CC)(CC)CC. The van der Waals surface area contributed by atoms with E-state index in [9.17, 15) is 0 Å². The highest BCUT2D eigenvalue weighted by molar-refractivity contribution is 6.76. The minimum Gasteiger partial charge on any atom is -0.414 e. The minimum atomic E-state index is -2.30. The maximum Gasteiger partial charge on any atom is 0.192 e. The van der Waals surface area contributed by atoms with Gasteiger partial charge in [0, 0.05) is 0 Å². The Morgan fingerprint density at radius 1 is 0.232 bits per heavy atom. The first-order chi connectivity index (χ1) is 39.2. The van der Waals surface area contributed by atoms with Crippen molar-refractivity contribution in [1.82, 2.24) is 0 Å². The van der Waals surface area contributed by atoms with E-state index >= 15 is 0 Å². The van der Waals surface area contributed by atoms with Crippen molar-refractivity contribution in [2.75, 3.05) is 13.2 Å². The van der Waals surface area contributed by atoms with Crippen LogP contribution in [-0.2, 0) is 44.9 Å². The summed E-state index contributed by atoms with van der Waals surface area (Å²) in [4.78, 5) is 0. The quantitative estimate of drug-likeness (QED) is 0.0435. The van der Waals surface area contributed by atoms with Crippen molar-refractivity contribution in [1.29, 1.82) is 0 Å². The van der Waals surface area contributed by atoms with Gasteiger partial charge in [-0.05, 0) is 157 Å². The molecular formula is C64H134O10Si8. The second kappa shape index (κ2) is 37.6. The molecule has 0 aromatic rings. The van der Waals surface area contributed by atoms with Gasteiger partial charge in [-0.1, -0.05) is 178 Å². The highest BCUT2D eigenvalue weighted by Gasteiger charge is 2.57. The summed E-state index contributed by atoms with van der Waals surface area (Å²) in [6, 6.07) is 24.7. The van der Waals surface area contributed by atoms with E-state index in [2.05, 4.69) is 190 Å². The first-order valence-electron chi connectivity index (χ1n) is 34.8. The molecule has 0 aliphatic carbocycles. The van der Waals surface area contributed by atoms with Gasteiger partial charge in [-0.25, -0.2) is 0 Å². The normalized spacial score (nSPS) is 24.5. The van der Waals surface area contributed by atoms with Crippen molar-refractivity contribution in [2.45, 2.75) is 372 Å². The molecule has 2 fully saturated rings. The Bertz CT molecular complexity index is 1670. The fraction of sp³-hybridized carbons (Fsp3) is 0.938. The summed E-state index contributed by atoms with van der Waals surface area (Å²) in [7, 11) is -17.7. The van der Waals surface area contributed by atoms with E-state index in [4.69, 9.17) is 44.9 Å². The van der Waals surface area contributed by atoms with Crippen molar-refractivity contribution in [3.05, 3.63) is 0 Å². The molecule has 18 heteroatoms. The molecule has 0 aromatic carbocycles. The molecule has 0 spiro atoms. The first kappa shape index (κ1) is 78.6. The third-order valence-corrected chi connectivity index (χ3v) is 59.8. The van der Waals surface area contributed by atoms with Crippen molar-refractivity contribution in [3.8, 4) is 23.7 Å². The van der Waals surface area contributed by atoms with Gasteiger partial charge >= 0.3 is 0 Å². The van der Waals surface area contributed by atoms with Gasteiger partial charge in [0.15, 0.2) is 66.5 Å². The molecule has 482 valence electrons. The molecule has 0 amide bonds. The van der Waals surface area contributed by atoms with E-state index in [0.717, 1.165) is 145 Å². The Labute approximate surface area is 517 Å². The average Bonchev–Trinajstić information content (AvgIpc) is 3.72.